The fraction of sp³-hybridized carbons (Fsp3) is 0.0625. The minimum atomic E-state index is -1.03. The maximum Gasteiger partial charge on any atom is 0.234 e. The van der Waals surface area contributed by atoms with Crippen molar-refractivity contribution < 1.29 is 13.6 Å². The highest BCUT2D eigenvalue weighted by molar-refractivity contribution is 9.10. The molecular formula is C16H12BrF2N5OS. The number of halogens is 3. The summed E-state index contributed by atoms with van der Waals surface area (Å²) in [4.78, 5) is 12.0. The summed E-state index contributed by atoms with van der Waals surface area (Å²) in [5.41, 5.74) is 0.929. The third-order valence-corrected chi connectivity index (χ3v) is 4.95. The van der Waals surface area contributed by atoms with Gasteiger partial charge in [-0.2, -0.15) is 0 Å². The number of nitrogen functional groups attached to an aromatic ring is 1. The highest BCUT2D eigenvalue weighted by atomic mass is 79.9. The lowest BCUT2D eigenvalue weighted by Gasteiger charge is -2.06. The van der Waals surface area contributed by atoms with E-state index >= 15 is 0 Å². The summed E-state index contributed by atoms with van der Waals surface area (Å²) in [5.74, 6) is 4.01. The van der Waals surface area contributed by atoms with Crippen LogP contribution in [0.5, 0.6) is 0 Å². The van der Waals surface area contributed by atoms with E-state index in [-0.39, 0.29) is 11.4 Å². The van der Waals surface area contributed by atoms with E-state index in [4.69, 9.17) is 5.84 Å². The first-order valence-corrected chi connectivity index (χ1v) is 9.06. The normalized spacial score (nSPS) is 10.7. The second kappa shape index (κ2) is 7.83. The van der Waals surface area contributed by atoms with Gasteiger partial charge in [0.25, 0.3) is 0 Å². The van der Waals surface area contributed by atoms with Crippen molar-refractivity contribution in [2.45, 2.75) is 5.16 Å². The largest absolute Gasteiger partial charge is 0.335 e. The van der Waals surface area contributed by atoms with Gasteiger partial charge >= 0.3 is 0 Å². The predicted molar refractivity (Wildman–Crippen MR) is 99.0 cm³/mol. The predicted octanol–water partition coefficient (Wildman–Crippen LogP) is 3.43. The van der Waals surface area contributed by atoms with Gasteiger partial charge < -0.3 is 11.2 Å². The molecule has 0 fully saturated rings. The van der Waals surface area contributed by atoms with E-state index in [2.05, 4.69) is 31.4 Å². The van der Waals surface area contributed by atoms with Crippen molar-refractivity contribution in [3.05, 3.63) is 58.6 Å². The zero-order chi connectivity index (χ0) is 18.7. The Morgan fingerprint density at radius 2 is 1.96 bits per heavy atom. The van der Waals surface area contributed by atoms with Gasteiger partial charge in [0.1, 0.15) is 0 Å². The van der Waals surface area contributed by atoms with E-state index in [0.29, 0.717) is 11.0 Å². The molecule has 3 aromatic rings. The standard InChI is InChI=1S/C16H12BrF2N5OS/c17-11-4-2-1-3-10(11)15-22-23-16(24(15)20)26-8-14(25)21-9-5-6-12(18)13(19)7-9/h1-7H,8,20H2,(H,21,25). The molecule has 134 valence electrons. The van der Waals surface area contributed by atoms with Gasteiger partial charge in [0.2, 0.25) is 11.1 Å². The average molecular weight is 440 g/mol. The molecule has 0 aliphatic rings. The number of carbonyl (C=O) groups is 1. The molecule has 3 rings (SSSR count). The van der Waals surface area contributed by atoms with Gasteiger partial charge in [0.15, 0.2) is 17.5 Å². The zero-order valence-corrected chi connectivity index (χ0v) is 15.5. The molecular weight excluding hydrogens is 428 g/mol. The van der Waals surface area contributed by atoms with Crippen LogP contribution in [-0.2, 0) is 4.79 Å². The number of carbonyl (C=O) groups excluding carboxylic acids is 1. The van der Waals surface area contributed by atoms with E-state index in [1.807, 2.05) is 24.3 Å². The highest BCUT2D eigenvalue weighted by Crippen LogP contribution is 2.27. The maximum absolute atomic E-state index is 13.2. The quantitative estimate of drug-likeness (QED) is 0.469. The number of hydrogen-bond acceptors (Lipinski definition) is 5. The molecule has 10 heteroatoms. The Balaban J connectivity index is 1.66. The van der Waals surface area contributed by atoms with Crippen LogP contribution in [0, 0.1) is 11.6 Å². The smallest absolute Gasteiger partial charge is 0.234 e. The Labute approximate surface area is 159 Å². The summed E-state index contributed by atoms with van der Waals surface area (Å²) < 4.78 is 28.1. The maximum atomic E-state index is 13.2. The summed E-state index contributed by atoms with van der Waals surface area (Å²) in [6.07, 6.45) is 0. The van der Waals surface area contributed by atoms with Crippen molar-refractivity contribution in [1.29, 1.82) is 0 Å². The monoisotopic (exact) mass is 439 g/mol. The molecule has 1 amide bonds. The number of amides is 1. The number of thioether (sulfide) groups is 1. The van der Waals surface area contributed by atoms with Gasteiger partial charge in [0.05, 0.1) is 5.75 Å². The number of aromatic nitrogens is 3. The fourth-order valence-corrected chi connectivity index (χ4v) is 3.22. The Hall–Kier alpha value is -2.46. The van der Waals surface area contributed by atoms with Crippen LogP contribution in [0.4, 0.5) is 14.5 Å². The van der Waals surface area contributed by atoms with Crippen LogP contribution in [0.1, 0.15) is 0 Å². The first kappa shape index (κ1) is 18.3. The second-order valence-electron chi connectivity index (χ2n) is 5.12. The minimum absolute atomic E-state index is 0.0235. The van der Waals surface area contributed by atoms with E-state index in [0.717, 1.165) is 33.9 Å². The summed E-state index contributed by atoms with van der Waals surface area (Å²) >= 11 is 4.49. The third-order valence-electron chi connectivity index (χ3n) is 3.32. The van der Waals surface area contributed by atoms with Crippen molar-refractivity contribution >= 4 is 39.3 Å². The summed E-state index contributed by atoms with van der Waals surface area (Å²) in [5, 5.41) is 10.8. The molecule has 0 unspecified atom stereocenters. The lowest BCUT2D eigenvalue weighted by molar-refractivity contribution is -0.113. The molecule has 1 heterocycles. The average Bonchev–Trinajstić information content (AvgIpc) is 2.97. The number of nitrogens with two attached hydrogens (primary N) is 1. The molecule has 3 N–H and O–H groups in total. The summed E-state index contributed by atoms with van der Waals surface area (Å²) in [6.45, 7) is 0. The van der Waals surface area contributed by atoms with Crippen LogP contribution in [0.25, 0.3) is 11.4 Å². The SMILES string of the molecule is Nn1c(SCC(=O)Nc2ccc(F)c(F)c2)nnc1-c1ccccc1Br. The second-order valence-corrected chi connectivity index (χ2v) is 6.92. The third kappa shape index (κ3) is 4.02. The Morgan fingerprint density at radius 3 is 2.69 bits per heavy atom. The van der Waals surface area contributed by atoms with E-state index in [1.165, 1.54) is 10.7 Å². The Bertz CT molecular complexity index is 966. The number of rotatable bonds is 5. The number of anilines is 1. The number of benzene rings is 2. The highest BCUT2D eigenvalue weighted by Gasteiger charge is 2.15. The molecule has 0 saturated heterocycles. The first-order valence-electron chi connectivity index (χ1n) is 7.29. The van der Waals surface area contributed by atoms with Gasteiger partial charge in [-0.25, -0.2) is 13.5 Å². The summed E-state index contributed by atoms with van der Waals surface area (Å²) in [6, 6.07) is 10.5. The van der Waals surface area contributed by atoms with E-state index in [9.17, 15) is 13.6 Å². The van der Waals surface area contributed by atoms with Crippen molar-refractivity contribution in [3.8, 4) is 11.4 Å². The number of hydrogen-bond donors (Lipinski definition) is 2. The van der Waals surface area contributed by atoms with Crippen LogP contribution >= 0.6 is 27.7 Å². The lowest BCUT2D eigenvalue weighted by Crippen LogP contribution is -2.16. The molecule has 0 aliphatic heterocycles. The van der Waals surface area contributed by atoms with Crippen LogP contribution in [0.3, 0.4) is 0 Å². The van der Waals surface area contributed by atoms with Gasteiger partial charge in [-0.3, -0.25) is 4.79 Å². The Morgan fingerprint density at radius 1 is 1.19 bits per heavy atom. The van der Waals surface area contributed by atoms with Crippen molar-refractivity contribution in [2.75, 3.05) is 16.9 Å². The van der Waals surface area contributed by atoms with Crippen LogP contribution < -0.4 is 11.2 Å². The molecule has 0 radical (unpaired) electrons. The van der Waals surface area contributed by atoms with Gasteiger partial charge in [0, 0.05) is 21.8 Å². The molecule has 0 spiro atoms. The molecule has 1 aromatic heterocycles. The van der Waals surface area contributed by atoms with Crippen molar-refractivity contribution in [3.63, 3.8) is 0 Å². The molecule has 0 bridgehead atoms. The van der Waals surface area contributed by atoms with E-state index in [1.54, 1.807) is 0 Å². The van der Waals surface area contributed by atoms with Crippen molar-refractivity contribution in [1.82, 2.24) is 14.9 Å². The lowest BCUT2D eigenvalue weighted by atomic mass is 10.2. The van der Waals surface area contributed by atoms with Gasteiger partial charge in [-0.15, -0.1) is 10.2 Å². The number of nitrogens with one attached hydrogen (secondary N) is 1. The summed E-state index contributed by atoms with van der Waals surface area (Å²) in [7, 11) is 0. The first-order chi connectivity index (χ1) is 12.5. The molecule has 0 atom stereocenters. The van der Waals surface area contributed by atoms with Gasteiger partial charge in [-0.05, 0) is 24.3 Å². The van der Waals surface area contributed by atoms with Crippen LogP contribution in [0.15, 0.2) is 52.1 Å². The fourth-order valence-electron chi connectivity index (χ4n) is 2.10. The van der Waals surface area contributed by atoms with Gasteiger partial charge in [-0.1, -0.05) is 39.8 Å². The van der Waals surface area contributed by atoms with Crippen molar-refractivity contribution in [2.24, 2.45) is 0 Å². The molecule has 0 aliphatic carbocycles. The van der Waals surface area contributed by atoms with E-state index < -0.39 is 17.5 Å². The Kier molecular flexibility index (Phi) is 5.52. The topological polar surface area (TPSA) is 85.8 Å². The zero-order valence-electron chi connectivity index (χ0n) is 13.1. The number of nitrogens with zero attached hydrogens (tertiary/aromatic N) is 3. The minimum Gasteiger partial charge on any atom is -0.335 e. The van der Waals surface area contributed by atoms with Crippen LogP contribution in [0.2, 0.25) is 0 Å². The molecule has 0 saturated carbocycles. The van der Waals surface area contributed by atoms with Crippen LogP contribution in [-0.4, -0.2) is 26.5 Å². The molecule has 6 nitrogen and oxygen atoms in total. The molecule has 26 heavy (non-hydrogen) atoms. The molecule has 2 aromatic carbocycles.